The number of aryl methyl sites for hydroxylation is 1. The van der Waals surface area contributed by atoms with Crippen molar-refractivity contribution in [1.29, 1.82) is 0 Å². The molecule has 0 bridgehead atoms. The summed E-state index contributed by atoms with van der Waals surface area (Å²) in [5.41, 5.74) is 1.82. The molecule has 0 spiro atoms. The molecule has 3 nitrogen and oxygen atoms in total. The number of ether oxygens (including phenoxy) is 1. The lowest BCUT2D eigenvalue weighted by Crippen LogP contribution is -2.11. The fourth-order valence-corrected chi connectivity index (χ4v) is 2.53. The molecule has 3 heteroatoms. The van der Waals surface area contributed by atoms with E-state index in [0.717, 1.165) is 24.3 Å². The summed E-state index contributed by atoms with van der Waals surface area (Å²) in [5, 5.41) is 0. The Balaban J connectivity index is 1.84. The Labute approximate surface area is 88.5 Å². The number of pyridine rings is 1. The second kappa shape index (κ2) is 3.14. The number of carbonyl (C=O) groups is 1. The van der Waals surface area contributed by atoms with Gasteiger partial charge in [0.05, 0.1) is 13.2 Å². The summed E-state index contributed by atoms with van der Waals surface area (Å²) in [6.07, 6.45) is 3.41. The number of rotatable bonds is 2. The average Bonchev–Trinajstić information content (AvgIpc) is 2.72. The van der Waals surface area contributed by atoms with Gasteiger partial charge < -0.3 is 4.74 Å². The highest BCUT2D eigenvalue weighted by Crippen LogP contribution is 2.52. The summed E-state index contributed by atoms with van der Waals surface area (Å²) in [4.78, 5) is 16.2. The zero-order valence-corrected chi connectivity index (χ0v) is 8.64. The van der Waals surface area contributed by atoms with Crippen LogP contribution in [-0.2, 0) is 4.74 Å². The third kappa shape index (κ3) is 1.30. The Kier molecular flexibility index (Phi) is 1.89. The molecular weight excluding hydrogens is 190 g/mol. The Morgan fingerprint density at radius 1 is 1.47 bits per heavy atom. The van der Waals surface area contributed by atoms with Crippen LogP contribution in [-0.4, -0.2) is 24.0 Å². The van der Waals surface area contributed by atoms with Crippen LogP contribution in [0.4, 0.5) is 0 Å². The molecule has 0 N–H and O–H groups in total. The van der Waals surface area contributed by atoms with Gasteiger partial charge in [-0.1, -0.05) is 0 Å². The van der Waals surface area contributed by atoms with E-state index in [0.29, 0.717) is 11.8 Å². The molecule has 1 aromatic heterocycles. The lowest BCUT2D eigenvalue weighted by molar-refractivity contribution is 0.0892. The zero-order chi connectivity index (χ0) is 10.4. The van der Waals surface area contributed by atoms with Gasteiger partial charge in [-0.25, -0.2) is 0 Å². The van der Waals surface area contributed by atoms with Gasteiger partial charge in [0, 0.05) is 23.9 Å². The molecule has 1 aromatic rings. The van der Waals surface area contributed by atoms with E-state index in [1.165, 1.54) is 0 Å². The summed E-state index contributed by atoms with van der Waals surface area (Å²) in [6.45, 7) is 3.49. The molecule has 2 aliphatic rings. The van der Waals surface area contributed by atoms with Crippen LogP contribution >= 0.6 is 0 Å². The third-order valence-corrected chi connectivity index (χ3v) is 3.56. The van der Waals surface area contributed by atoms with Crippen molar-refractivity contribution in [1.82, 2.24) is 4.98 Å². The minimum absolute atomic E-state index is 0.210. The molecule has 1 aliphatic heterocycles. The second-order valence-corrected chi connectivity index (χ2v) is 4.45. The van der Waals surface area contributed by atoms with E-state index in [4.69, 9.17) is 4.74 Å². The van der Waals surface area contributed by atoms with Gasteiger partial charge in [0.1, 0.15) is 0 Å². The smallest absolute Gasteiger partial charge is 0.168 e. The molecule has 2 unspecified atom stereocenters. The summed E-state index contributed by atoms with van der Waals surface area (Å²) in [6, 6.07) is 1.89. The lowest BCUT2D eigenvalue weighted by atomic mass is 10.0. The fourth-order valence-electron chi connectivity index (χ4n) is 2.53. The first-order valence-electron chi connectivity index (χ1n) is 5.31. The second-order valence-electron chi connectivity index (χ2n) is 4.45. The van der Waals surface area contributed by atoms with Gasteiger partial charge in [-0.05, 0) is 30.4 Å². The Morgan fingerprint density at radius 3 is 2.87 bits per heavy atom. The highest BCUT2D eigenvalue weighted by atomic mass is 16.5. The minimum atomic E-state index is 0.210. The normalized spacial score (nSPS) is 32.5. The van der Waals surface area contributed by atoms with Crippen molar-refractivity contribution in [3.05, 3.63) is 29.6 Å². The number of hydrogen-bond donors (Lipinski definition) is 0. The monoisotopic (exact) mass is 203 g/mol. The van der Waals surface area contributed by atoms with E-state index < -0.39 is 0 Å². The molecule has 2 heterocycles. The molecule has 1 saturated heterocycles. The van der Waals surface area contributed by atoms with Crippen molar-refractivity contribution in [2.45, 2.75) is 6.92 Å². The molecule has 2 atom stereocenters. The van der Waals surface area contributed by atoms with Crippen LogP contribution < -0.4 is 0 Å². The maximum absolute atomic E-state index is 12.1. The van der Waals surface area contributed by atoms with Crippen LogP contribution in [0.1, 0.15) is 15.9 Å². The van der Waals surface area contributed by atoms with E-state index in [-0.39, 0.29) is 11.7 Å². The van der Waals surface area contributed by atoms with E-state index >= 15 is 0 Å². The van der Waals surface area contributed by atoms with Crippen molar-refractivity contribution < 1.29 is 9.53 Å². The first-order valence-corrected chi connectivity index (χ1v) is 5.31. The Bertz CT molecular complexity index is 406. The Morgan fingerprint density at radius 2 is 2.20 bits per heavy atom. The highest BCUT2D eigenvalue weighted by molar-refractivity contribution is 6.01. The van der Waals surface area contributed by atoms with E-state index in [1.54, 1.807) is 12.4 Å². The number of nitrogens with zero attached hydrogens (tertiary/aromatic N) is 1. The van der Waals surface area contributed by atoms with E-state index in [1.807, 2.05) is 13.0 Å². The number of ketones is 1. The van der Waals surface area contributed by atoms with Crippen molar-refractivity contribution in [3.63, 3.8) is 0 Å². The number of carbonyl (C=O) groups excluding carboxylic acids is 1. The van der Waals surface area contributed by atoms with E-state index in [9.17, 15) is 4.79 Å². The van der Waals surface area contributed by atoms with Crippen LogP contribution in [0, 0.1) is 24.7 Å². The quantitative estimate of drug-likeness (QED) is 0.683. The molecule has 1 aliphatic carbocycles. The van der Waals surface area contributed by atoms with E-state index in [2.05, 4.69) is 4.98 Å². The number of hydrogen-bond acceptors (Lipinski definition) is 3. The highest BCUT2D eigenvalue weighted by Gasteiger charge is 2.57. The topological polar surface area (TPSA) is 39.2 Å². The van der Waals surface area contributed by atoms with Gasteiger partial charge in [-0.15, -0.1) is 0 Å². The minimum Gasteiger partial charge on any atom is -0.381 e. The van der Waals surface area contributed by atoms with Crippen LogP contribution in [0.5, 0.6) is 0 Å². The molecular formula is C12H13NO2. The van der Waals surface area contributed by atoms with Gasteiger partial charge in [-0.3, -0.25) is 9.78 Å². The molecule has 15 heavy (non-hydrogen) atoms. The molecule has 3 rings (SSSR count). The lowest BCUT2D eigenvalue weighted by Gasteiger charge is -2.05. The maximum atomic E-state index is 12.1. The predicted molar refractivity (Wildman–Crippen MR) is 54.6 cm³/mol. The zero-order valence-electron chi connectivity index (χ0n) is 8.64. The molecule has 0 amide bonds. The van der Waals surface area contributed by atoms with Gasteiger partial charge in [-0.2, -0.15) is 0 Å². The van der Waals surface area contributed by atoms with Crippen LogP contribution in [0.25, 0.3) is 0 Å². The summed E-state index contributed by atoms with van der Waals surface area (Å²) < 4.78 is 5.29. The third-order valence-electron chi connectivity index (χ3n) is 3.56. The summed E-state index contributed by atoms with van der Waals surface area (Å²) in [5.74, 6) is 1.44. The summed E-state index contributed by atoms with van der Waals surface area (Å²) in [7, 11) is 0. The van der Waals surface area contributed by atoms with Gasteiger partial charge in [0.15, 0.2) is 5.78 Å². The van der Waals surface area contributed by atoms with Crippen LogP contribution in [0.3, 0.4) is 0 Å². The Hall–Kier alpha value is -1.22. The molecule has 0 radical (unpaired) electrons. The molecule has 1 saturated carbocycles. The largest absolute Gasteiger partial charge is 0.381 e. The van der Waals surface area contributed by atoms with Gasteiger partial charge >= 0.3 is 0 Å². The van der Waals surface area contributed by atoms with Gasteiger partial charge in [0.2, 0.25) is 0 Å². The van der Waals surface area contributed by atoms with Crippen molar-refractivity contribution in [2.24, 2.45) is 17.8 Å². The number of Topliss-reactive ketones (excluding diaryl/α,β-unsaturated/α-hetero) is 1. The van der Waals surface area contributed by atoms with Gasteiger partial charge in [0.25, 0.3) is 0 Å². The molecule has 0 aromatic carbocycles. The summed E-state index contributed by atoms with van der Waals surface area (Å²) >= 11 is 0. The van der Waals surface area contributed by atoms with Crippen LogP contribution in [0.15, 0.2) is 18.5 Å². The average molecular weight is 203 g/mol. The maximum Gasteiger partial charge on any atom is 0.168 e. The van der Waals surface area contributed by atoms with Crippen molar-refractivity contribution in [3.8, 4) is 0 Å². The first kappa shape index (κ1) is 9.04. The SMILES string of the molecule is Cc1ccncc1C(=O)C1C2COCC21. The predicted octanol–water partition coefficient (Wildman–Crippen LogP) is 1.47. The standard InChI is InChI=1S/C12H13NO2/c1-7-2-3-13-4-8(7)12(14)11-9-5-15-6-10(9)11/h2-4,9-11H,5-6H2,1H3. The molecule has 2 fully saturated rings. The van der Waals surface area contributed by atoms with Crippen LogP contribution in [0.2, 0.25) is 0 Å². The number of fused-ring (bicyclic) bond motifs is 1. The fraction of sp³-hybridized carbons (Fsp3) is 0.500. The molecule has 78 valence electrons. The van der Waals surface area contributed by atoms with Crippen molar-refractivity contribution >= 4 is 5.78 Å². The first-order chi connectivity index (χ1) is 7.29. The number of aromatic nitrogens is 1. The van der Waals surface area contributed by atoms with Crippen molar-refractivity contribution in [2.75, 3.05) is 13.2 Å².